The predicted octanol–water partition coefficient (Wildman–Crippen LogP) is 3.18. The minimum Gasteiger partial charge on any atom is -0.308 e. The first-order chi connectivity index (χ1) is 10.2. The molecule has 0 fully saturated rings. The molecule has 0 aromatic heterocycles. The van der Waals surface area contributed by atoms with E-state index in [4.69, 9.17) is 5.26 Å². The topological polar surface area (TPSA) is 44.1 Å². The first-order valence-electron chi connectivity index (χ1n) is 6.75. The summed E-state index contributed by atoms with van der Waals surface area (Å²) in [5.41, 5.74) is 3.02. The van der Waals surface area contributed by atoms with E-state index >= 15 is 0 Å². The molecule has 0 radical (unpaired) electrons. The molecule has 2 aromatic rings. The molecule has 0 saturated carbocycles. The zero-order valence-corrected chi connectivity index (χ0v) is 11.3. The average molecular weight is 280 g/mol. The molecule has 1 aliphatic heterocycles. The van der Waals surface area contributed by atoms with Crippen molar-refractivity contribution < 1.29 is 9.18 Å². The lowest BCUT2D eigenvalue weighted by atomic mass is 10.00. The summed E-state index contributed by atoms with van der Waals surface area (Å²) in [5.74, 6) is -0.366. The van der Waals surface area contributed by atoms with Crippen molar-refractivity contribution in [3.8, 4) is 6.07 Å². The van der Waals surface area contributed by atoms with Gasteiger partial charge in [-0.15, -0.1) is 0 Å². The summed E-state index contributed by atoms with van der Waals surface area (Å²) >= 11 is 0. The van der Waals surface area contributed by atoms with Gasteiger partial charge in [-0.3, -0.25) is 4.79 Å². The number of fused-ring (bicyclic) bond motifs is 1. The number of rotatable bonds is 2. The van der Waals surface area contributed by atoms with Crippen molar-refractivity contribution in [2.24, 2.45) is 0 Å². The highest BCUT2D eigenvalue weighted by molar-refractivity contribution is 5.96. The number of benzene rings is 2. The van der Waals surface area contributed by atoms with Gasteiger partial charge in [0.05, 0.1) is 23.9 Å². The maximum atomic E-state index is 13.5. The van der Waals surface area contributed by atoms with Crippen LogP contribution in [0.15, 0.2) is 42.5 Å². The number of halogens is 1. The molecule has 3 rings (SSSR count). The van der Waals surface area contributed by atoms with Crippen molar-refractivity contribution in [2.45, 2.75) is 19.4 Å². The fourth-order valence-corrected chi connectivity index (χ4v) is 2.61. The van der Waals surface area contributed by atoms with Crippen LogP contribution in [0.3, 0.4) is 0 Å². The second-order valence-electron chi connectivity index (χ2n) is 5.07. The fraction of sp³-hybridized carbons (Fsp3) is 0.176. The van der Waals surface area contributed by atoms with E-state index in [1.807, 2.05) is 6.07 Å². The van der Waals surface area contributed by atoms with Crippen molar-refractivity contribution in [1.82, 2.24) is 0 Å². The van der Waals surface area contributed by atoms with E-state index < -0.39 is 0 Å². The van der Waals surface area contributed by atoms with Gasteiger partial charge in [-0.2, -0.15) is 5.26 Å². The van der Waals surface area contributed by atoms with Gasteiger partial charge in [0.2, 0.25) is 5.91 Å². The van der Waals surface area contributed by atoms with E-state index in [0.29, 0.717) is 30.6 Å². The van der Waals surface area contributed by atoms with Crippen molar-refractivity contribution in [3.63, 3.8) is 0 Å². The Morgan fingerprint density at radius 3 is 2.86 bits per heavy atom. The summed E-state index contributed by atoms with van der Waals surface area (Å²) in [6.07, 6.45) is 1.07. The maximum Gasteiger partial charge on any atom is 0.227 e. The lowest BCUT2D eigenvalue weighted by Gasteiger charge is -2.29. The summed E-state index contributed by atoms with van der Waals surface area (Å²) in [7, 11) is 0. The van der Waals surface area contributed by atoms with Gasteiger partial charge in [0.25, 0.3) is 0 Å². The van der Waals surface area contributed by atoms with Crippen molar-refractivity contribution >= 4 is 11.6 Å². The van der Waals surface area contributed by atoms with Gasteiger partial charge in [0.15, 0.2) is 0 Å². The third-order valence-electron chi connectivity index (χ3n) is 3.64. The Bertz CT molecular complexity index is 749. The lowest BCUT2D eigenvalue weighted by molar-refractivity contribution is -0.119. The molecule has 0 saturated heterocycles. The van der Waals surface area contributed by atoms with Gasteiger partial charge in [-0.25, -0.2) is 4.39 Å². The highest BCUT2D eigenvalue weighted by atomic mass is 19.1. The van der Waals surface area contributed by atoms with Crippen LogP contribution < -0.4 is 4.90 Å². The average Bonchev–Trinajstić information content (AvgIpc) is 2.50. The van der Waals surface area contributed by atoms with Crippen LogP contribution in [0.1, 0.15) is 23.1 Å². The number of anilines is 1. The Hall–Kier alpha value is -2.67. The number of aryl methyl sites for hydroxylation is 1. The van der Waals surface area contributed by atoms with E-state index in [9.17, 15) is 9.18 Å². The Labute approximate surface area is 122 Å². The molecule has 21 heavy (non-hydrogen) atoms. The van der Waals surface area contributed by atoms with E-state index in [0.717, 1.165) is 11.1 Å². The number of nitrogens with zero attached hydrogens (tertiary/aromatic N) is 2. The summed E-state index contributed by atoms with van der Waals surface area (Å²) in [5, 5.41) is 8.93. The Morgan fingerprint density at radius 1 is 1.19 bits per heavy atom. The molecule has 0 atom stereocenters. The minimum atomic E-state index is -0.348. The summed E-state index contributed by atoms with van der Waals surface area (Å²) < 4.78 is 13.5. The van der Waals surface area contributed by atoms with Crippen LogP contribution in [-0.2, 0) is 17.8 Å². The zero-order valence-electron chi connectivity index (χ0n) is 11.3. The molecular weight excluding hydrogens is 267 g/mol. The van der Waals surface area contributed by atoms with Crippen LogP contribution in [0.4, 0.5) is 10.1 Å². The van der Waals surface area contributed by atoms with Gasteiger partial charge in [-0.1, -0.05) is 18.2 Å². The molecule has 1 heterocycles. The monoisotopic (exact) mass is 280 g/mol. The lowest BCUT2D eigenvalue weighted by Crippen LogP contribution is -2.34. The number of hydrogen-bond acceptors (Lipinski definition) is 2. The molecule has 0 bridgehead atoms. The molecule has 0 unspecified atom stereocenters. The summed E-state index contributed by atoms with van der Waals surface area (Å²) in [4.78, 5) is 13.8. The van der Waals surface area contributed by atoms with Crippen molar-refractivity contribution in [1.29, 1.82) is 5.26 Å². The molecule has 0 spiro atoms. The standard InChI is InChI=1S/C17H13FN2O/c18-15-6-4-14-5-7-17(21)20(16(14)9-15)11-13-3-1-2-12(8-13)10-19/h1-4,6,8-9H,5,7,11H2. The van der Waals surface area contributed by atoms with Crippen LogP contribution in [-0.4, -0.2) is 5.91 Å². The van der Waals surface area contributed by atoms with Crippen LogP contribution in [0.25, 0.3) is 0 Å². The number of carbonyl (C=O) groups excluding carboxylic acids is 1. The van der Waals surface area contributed by atoms with Gasteiger partial charge < -0.3 is 4.90 Å². The van der Waals surface area contributed by atoms with E-state index in [2.05, 4.69) is 6.07 Å². The predicted molar refractivity (Wildman–Crippen MR) is 77.1 cm³/mol. The molecule has 1 amide bonds. The summed E-state index contributed by atoms with van der Waals surface area (Å²) in [6, 6.07) is 13.8. The molecule has 1 aliphatic rings. The van der Waals surface area contributed by atoms with Crippen LogP contribution in [0, 0.1) is 17.1 Å². The fourth-order valence-electron chi connectivity index (χ4n) is 2.61. The van der Waals surface area contributed by atoms with Crippen molar-refractivity contribution in [3.05, 3.63) is 65.0 Å². The highest BCUT2D eigenvalue weighted by Gasteiger charge is 2.24. The van der Waals surface area contributed by atoms with Crippen LogP contribution in [0.5, 0.6) is 0 Å². The molecule has 0 N–H and O–H groups in total. The number of hydrogen-bond donors (Lipinski definition) is 0. The number of amides is 1. The van der Waals surface area contributed by atoms with Crippen LogP contribution in [0.2, 0.25) is 0 Å². The largest absolute Gasteiger partial charge is 0.308 e. The number of nitriles is 1. The van der Waals surface area contributed by atoms with Gasteiger partial charge in [-0.05, 0) is 41.8 Å². The molecule has 104 valence electrons. The minimum absolute atomic E-state index is 0.0181. The van der Waals surface area contributed by atoms with Gasteiger partial charge in [0, 0.05) is 6.42 Å². The first-order valence-corrected chi connectivity index (χ1v) is 6.75. The SMILES string of the molecule is N#Cc1cccc(CN2C(=O)CCc3ccc(F)cc32)c1. The number of carbonyl (C=O) groups is 1. The second-order valence-corrected chi connectivity index (χ2v) is 5.07. The van der Waals surface area contributed by atoms with Crippen molar-refractivity contribution in [2.75, 3.05) is 4.90 Å². The molecule has 4 heteroatoms. The van der Waals surface area contributed by atoms with E-state index in [1.165, 1.54) is 12.1 Å². The van der Waals surface area contributed by atoms with E-state index in [1.54, 1.807) is 29.2 Å². The third-order valence-corrected chi connectivity index (χ3v) is 3.64. The molecular formula is C17H13FN2O. The normalized spacial score (nSPS) is 13.7. The Kier molecular flexibility index (Phi) is 3.41. The van der Waals surface area contributed by atoms with Gasteiger partial charge in [0.1, 0.15) is 5.82 Å². The molecule has 2 aromatic carbocycles. The smallest absolute Gasteiger partial charge is 0.227 e. The first kappa shape index (κ1) is 13.3. The van der Waals surface area contributed by atoms with E-state index in [-0.39, 0.29) is 11.7 Å². The quantitative estimate of drug-likeness (QED) is 0.848. The second kappa shape index (κ2) is 5.37. The summed E-state index contributed by atoms with van der Waals surface area (Å²) in [6.45, 7) is 0.352. The maximum absolute atomic E-state index is 13.5. The molecule has 3 nitrogen and oxygen atoms in total. The Morgan fingerprint density at radius 2 is 2.05 bits per heavy atom. The van der Waals surface area contributed by atoms with Crippen LogP contribution >= 0.6 is 0 Å². The highest BCUT2D eigenvalue weighted by Crippen LogP contribution is 2.30. The Balaban J connectivity index is 1.96. The third kappa shape index (κ3) is 2.63. The molecule has 0 aliphatic carbocycles. The van der Waals surface area contributed by atoms with Gasteiger partial charge >= 0.3 is 0 Å². The zero-order chi connectivity index (χ0) is 14.8.